The summed E-state index contributed by atoms with van der Waals surface area (Å²) >= 11 is 6.85. The van der Waals surface area contributed by atoms with Gasteiger partial charge >= 0.3 is 5.97 Å². The van der Waals surface area contributed by atoms with Crippen molar-refractivity contribution in [3.63, 3.8) is 0 Å². The molecule has 1 aromatic carbocycles. The average Bonchev–Trinajstić information content (AvgIpc) is 3.09. The van der Waals surface area contributed by atoms with E-state index in [1.54, 1.807) is 45.0 Å². The Bertz CT molecular complexity index is 1300. The van der Waals surface area contributed by atoms with Crippen LogP contribution in [0.5, 0.6) is 0 Å². The molecule has 11 heteroatoms. The average molecular weight is 489 g/mol. The molecule has 0 spiro atoms. The maximum Gasteiger partial charge on any atom is 0.341 e. The highest BCUT2D eigenvalue weighted by Crippen LogP contribution is 2.34. The zero-order valence-electron chi connectivity index (χ0n) is 18.3. The van der Waals surface area contributed by atoms with Crippen LogP contribution in [-0.4, -0.2) is 41.2 Å². The molecule has 9 nitrogen and oxygen atoms in total. The van der Waals surface area contributed by atoms with Gasteiger partial charge in [-0.3, -0.25) is 14.4 Å². The Morgan fingerprint density at radius 3 is 2.42 bits per heavy atom. The lowest BCUT2D eigenvalue weighted by molar-refractivity contribution is 0.0527. The molecule has 2 heterocycles. The van der Waals surface area contributed by atoms with Crippen LogP contribution in [0.4, 0.5) is 5.00 Å². The highest BCUT2D eigenvalue weighted by atomic mass is 35.5. The number of nitrogens with zero attached hydrogens (tertiary/aromatic N) is 2. The van der Waals surface area contributed by atoms with Crippen LogP contribution in [0.15, 0.2) is 35.1 Å². The summed E-state index contributed by atoms with van der Waals surface area (Å²) < 4.78 is 6.52. The molecule has 0 aliphatic heterocycles. The standard InChI is InChI=1S/C22H21ClN4O5S/c1-5-32-22(31)16-12(3)18(20(30)24-4)33-21(16)25-19(29)17-15(28)10-11(2)27(26-17)14-8-6-13(23)7-9-14/h6-10H,5H2,1-4H3,(H,24,30)(H,25,29). The molecular formula is C22H21ClN4O5S. The van der Waals surface area contributed by atoms with E-state index < -0.39 is 23.2 Å². The van der Waals surface area contributed by atoms with Gasteiger partial charge in [0.05, 0.1) is 22.7 Å². The minimum absolute atomic E-state index is 0.0546. The topological polar surface area (TPSA) is 119 Å². The number of hydrogen-bond acceptors (Lipinski definition) is 7. The normalized spacial score (nSPS) is 10.6. The predicted molar refractivity (Wildman–Crippen MR) is 126 cm³/mol. The molecule has 3 rings (SSSR count). The van der Waals surface area contributed by atoms with Crippen LogP contribution in [0.1, 0.15) is 48.7 Å². The molecule has 0 radical (unpaired) electrons. The van der Waals surface area contributed by atoms with Crippen molar-refractivity contribution in [2.45, 2.75) is 20.8 Å². The van der Waals surface area contributed by atoms with E-state index in [2.05, 4.69) is 15.7 Å². The lowest BCUT2D eigenvalue weighted by Crippen LogP contribution is -2.27. The Balaban J connectivity index is 2.04. The molecule has 33 heavy (non-hydrogen) atoms. The van der Waals surface area contributed by atoms with Crippen molar-refractivity contribution in [1.29, 1.82) is 0 Å². The van der Waals surface area contributed by atoms with Gasteiger partial charge in [0.1, 0.15) is 5.00 Å². The number of carbonyl (C=O) groups is 3. The molecule has 0 saturated heterocycles. The first-order valence-electron chi connectivity index (χ1n) is 9.88. The smallest absolute Gasteiger partial charge is 0.341 e. The monoisotopic (exact) mass is 488 g/mol. The summed E-state index contributed by atoms with van der Waals surface area (Å²) in [7, 11) is 1.46. The number of benzene rings is 1. The molecule has 172 valence electrons. The second-order valence-corrected chi connectivity index (χ2v) is 8.36. The number of esters is 1. The molecule has 0 aliphatic rings. The molecule has 2 aromatic heterocycles. The number of thiophene rings is 1. The molecule has 0 saturated carbocycles. The number of amides is 2. The van der Waals surface area contributed by atoms with E-state index in [9.17, 15) is 19.2 Å². The van der Waals surface area contributed by atoms with Gasteiger partial charge in [-0.2, -0.15) is 5.10 Å². The van der Waals surface area contributed by atoms with Crippen LogP contribution >= 0.6 is 22.9 Å². The molecule has 0 atom stereocenters. The summed E-state index contributed by atoms with van der Waals surface area (Å²) in [6.45, 7) is 5.03. The summed E-state index contributed by atoms with van der Waals surface area (Å²) in [6.07, 6.45) is 0. The number of nitrogens with one attached hydrogen (secondary N) is 2. The van der Waals surface area contributed by atoms with Gasteiger partial charge in [0.25, 0.3) is 11.8 Å². The van der Waals surface area contributed by atoms with E-state index in [-0.39, 0.29) is 27.7 Å². The number of halogens is 1. The number of aromatic nitrogens is 2. The van der Waals surface area contributed by atoms with Crippen molar-refractivity contribution in [1.82, 2.24) is 15.1 Å². The van der Waals surface area contributed by atoms with E-state index in [0.717, 1.165) is 11.3 Å². The van der Waals surface area contributed by atoms with Crippen molar-refractivity contribution >= 4 is 45.7 Å². The number of anilines is 1. The summed E-state index contributed by atoms with van der Waals surface area (Å²) in [5.74, 6) is -1.92. The third-order valence-electron chi connectivity index (χ3n) is 4.68. The Labute approximate surface area is 198 Å². The SMILES string of the molecule is CCOC(=O)c1c(NC(=O)c2nn(-c3ccc(Cl)cc3)c(C)cc2=O)sc(C(=O)NC)c1C. The van der Waals surface area contributed by atoms with Crippen molar-refractivity contribution in [2.75, 3.05) is 19.0 Å². The van der Waals surface area contributed by atoms with Gasteiger partial charge in [-0.25, -0.2) is 9.48 Å². The van der Waals surface area contributed by atoms with Crippen LogP contribution < -0.4 is 16.1 Å². The second kappa shape index (κ2) is 9.97. The molecule has 0 bridgehead atoms. The Hall–Kier alpha value is -3.50. The molecule has 0 unspecified atom stereocenters. The number of hydrogen-bond donors (Lipinski definition) is 2. The van der Waals surface area contributed by atoms with Crippen LogP contribution in [-0.2, 0) is 4.74 Å². The number of aryl methyl sites for hydroxylation is 1. The summed E-state index contributed by atoms with van der Waals surface area (Å²) in [5, 5.41) is 9.89. The summed E-state index contributed by atoms with van der Waals surface area (Å²) in [5.41, 5.74) is 0.570. The molecule has 0 fully saturated rings. The molecule has 3 aromatic rings. The Kier molecular flexibility index (Phi) is 7.29. The Morgan fingerprint density at radius 2 is 1.82 bits per heavy atom. The number of carbonyl (C=O) groups excluding carboxylic acids is 3. The zero-order valence-corrected chi connectivity index (χ0v) is 19.9. The number of ether oxygens (including phenoxy) is 1. The maximum absolute atomic E-state index is 13.0. The van der Waals surface area contributed by atoms with E-state index in [4.69, 9.17) is 16.3 Å². The quantitative estimate of drug-likeness (QED) is 0.513. The van der Waals surface area contributed by atoms with Crippen LogP contribution in [0.25, 0.3) is 5.69 Å². The van der Waals surface area contributed by atoms with Gasteiger partial charge in [-0.15, -0.1) is 11.3 Å². The van der Waals surface area contributed by atoms with Crippen LogP contribution in [0, 0.1) is 13.8 Å². The number of rotatable bonds is 6. The fourth-order valence-corrected chi connectivity index (χ4v) is 4.35. The minimum Gasteiger partial charge on any atom is -0.462 e. The van der Waals surface area contributed by atoms with Gasteiger partial charge in [0.15, 0.2) is 5.69 Å². The van der Waals surface area contributed by atoms with Gasteiger partial charge in [-0.05, 0) is 50.6 Å². The lowest BCUT2D eigenvalue weighted by Gasteiger charge is -2.11. The molecule has 2 N–H and O–H groups in total. The van der Waals surface area contributed by atoms with E-state index in [1.807, 2.05) is 0 Å². The summed E-state index contributed by atoms with van der Waals surface area (Å²) in [4.78, 5) is 50.5. The van der Waals surface area contributed by atoms with Crippen molar-refractivity contribution in [2.24, 2.45) is 0 Å². The first kappa shape index (κ1) is 24.1. The van der Waals surface area contributed by atoms with Crippen molar-refractivity contribution in [3.8, 4) is 5.69 Å². The van der Waals surface area contributed by atoms with Crippen LogP contribution in [0.2, 0.25) is 5.02 Å². The van der Waals surface area contributed by atoms with Gasteiger partial charge in [0, 0.05) is 23.8 Å². The van der Waals surface area contributed by atoms with E-state index >= 15 is 0 Å². The molecule has 2 amide bonds. The van der Waals surface area contributed by atoms with Crippen molar-refractivity contribution in [3.05, 3.63) is 73.0 Å². The minimum atomic E-state index is -0.821. The lowest BCUT2D eigenvalue weighted by atomic mass is 10.1. The van der Waals surface area contributed by atoms with Gasteiger partial charge in [-0.1, -0.05) is 11.6 Å². The third kappa shape index (κ3) is 4.96. The van der Waals surface area contributed by atoms with Crippen LogP contribution in [0.3, 0.4) is 0 Å². The highest BCUT2D eigenvalue weighted by Gasteiger charge is 2.27. The van der Waals surface area contributed by atoms with Crippen molar-refractivity contribution < 1.29 is 19.1 Å². The second-order valence-electron chi connectivity index (χ2n) is 6.90. The van der Waals surface area contributed by atoms with E-state index in [0.29, 0.717) is 22.0 Å². The summed E-state index contributed by atoms with van der Waals surface area (Å²) in [6, 6.07) is 8.02. The predicted octanol–water partition coefficient (Wildman–Crippen LogP) is 3.35. The fraction of sp³-hybridized carbons (Fsp3) is 0.227. The largest absolute Gasteiger partial charge is 0.462 e. The maximum atomic E-state index is 13.0. The van der Waals surface area contributed by atoms with E-state index in [1.165, 1.54) is 17.8 Å². The first-order chi connectivity index (χ1) is 15.7. The molecule has 0 aliphatic carbocycles. The van der Waals surface area contributed by atoms with Gasteiger partial charge < -0.3 is 15.4 Å². The zero-order chi connectivity index (χ0) is 24.3. The molecular weight excluding hydrogens is 468 g/mol. The van der Waals surface area contributed by atoms with Gasteiger partial charge in [0.2, 0.25) is 5.43 Å². The fourth-order valence-electron chi connectivity index (χ4n) is 3.09. The first-order valence-corrected chi connectivity index (χ1v) is 11.1. The Morgan fingerprint density at radius 1 is 1.15 bits per heavy atom. The third-order valence-corrected chi connectivity index (χ3v) is 6.14. The highest BCUT2D eigenvalue weighted by molar-refractivity contribution is 7.18.